The van der Waals surface area contributed by atoms with Gasteiger partial charge in [0.1, 0.15) is 0 Å². The van der Waals surface area contributed by atoms with Gasteiger partial charge in [0.2, 0.25) is 17.8 Å². The van der Waals surface area contributed by atoms with Crippen molar-refractivity contribution in [2.24, 2.45) is 0 Å². The lowest BCUT2D eigenvalue weighted by Crippen LogP contribution is -2.41. The Balaban J connectivity index is 2.04. The molecule has 116 valence electrons. The zero-order valence-electron chi connectivity index (χ0n) is 13.4. The Morgan fingerprint density at radius 1 is 0.957 bits per heavy atom. The van der Waals surface area contributed by atoms with Crippen molar-refractivity contribution in [1.82, 2.24) is 0 Å². The molecule has 0 saturated heterocycles. The molecule has 0 spiro atoms. The second kappa shape index (κ2) is 6.61. The number of aromatic nitrogens is 1. The van der Waals surface area contributed by atoms with Crippen molar-refractivity contribution in [3.63, 3.8) is 0 Å². The van der Waals surface area contributed by atoms with Gasteiger partial charge in [-0.15, -0.1) is 0 Å². The van der Waals surface area contributed by atoms with Crippen LogP contribution >= 0.6 is 0 Å². The average molecular weight is 306 g/mol. The summed E-state index contributed by atoms with van der Waals surface area (Å²) in [5.74, 6) is 0.781. The molecule has 0 radical (unpaired) electrons. The van der Waals surface area contributed by atoms with Crippen molar-refractivity contribution in [1.29, 1.82) is 0 Å². The number of rotatable bonds is 5. The lowest BCUT2D eigenvalue weighted by Gasteiger charge is -2.10. The molecule has 0 N–H and O–H groups in total. The van der Waals surface area contributed by atoms with Crippen LogP contribution in [0.2, 0.25) is 0 Å². The molecule has 1 heterocycles. The highest BCUT2D eigenvalue weighted by atomic mass is 16.5. The zero-order chi connectivity index (χ0) is 16.2. The third kappa shape index (κ3) is 3.39. The monoisotopic (exact) mass is 306 g/mol. The number of ketones is 1. The van der Waals surface area contributed by atoms with E-state index in [1.807, 2.05) is 85.1 Å². The molecule has 0 aliphatic carbocycles. The molecule has 0 saturated carbocycles. The van der Waals surface area contributed by atoms with Gasteiger partial charge in [0.15, 0.2) is 0 Å². The molecule has 2 aromatic carbocycles. The summed E-state index contributed by atoms with van der Waals surface area (Å²) >= 11 is 0. The van der Waals surface area contributed by atoms with Crippen molar-refractivity contribution in [3.05, 3.63) is 72.3 Å². The van der Waals surface area contributed by atoms with Crippen LogP contribution in [-0.2, 0) is 6.54 Å². The third-order valence-electron chi connectivity index (χ3n) is 3.65. The summed E-state index contributed by atoms with van der Waals surface area (Å²) in [7, 11) is 0. The van der Waals surface area contributed by atoms with Gasteiger partial charge < -0.3 is 4.74 Å². The first-order valence-corrected chi connectivity index (χ1v) is 7.81. The van der Waals surface area contributed by atoms with Gasteiger partial charge in [0.05, 0.1) is 12.2 Å². The number of hydrogen-bond acceptors (Lipinski definition) is 2. The minimum Gasteiger partial charge on any atom is -0.442 e. The van der Waals surface area contributed by atoms with Crippen LogP contribution in [0.4, 0.5) is 0 Å². The Kier molecular flexibility index (Phi) is 4.38. The quantitative estimate of drug-likeness (QED) is 0.530. The minimum absolute atomic E-state index is 0.0502. The van der Waals surface area contributed by atoms with E-state index in [9.17, 15) is 4.79 Å². The molecule has 1 aromatic heterocycles. The van der Waals surface area contributed by atoms with Crippen LogP contribution in [0.5, 0.6) is 5.88 Å². The number of carbonyl (C=O) groups excluding carboxylic acids is 1. The van der Waals surface area contributed by atoms with Crippen LogP contribution < -0.4 is 9.30 Å². The summed E-state index contributed by atoms with van der Waals surface area (Å²) in [6, 6.07) is 21.3. The van der Waals surface area contributed by atoms with Gasteiger partial charge in [0, 0.05) is 17.0 Å². The molecule has 3 aromatic rings. The van der Waals surface area contributed by atoms with Crippen molar-refractivity contribution in [3.8, 4) is 5.88 Å². The first-order valence-electron chi connectivity index (χ1n) is 7.81. The van der Waals surface area contributed by atoms with E-state index in [4.69, 9.17) is 4.74 Å². The van der Waals surface area contributed by atoms with Gasteiger partial charge in [0.25, 0.3) is 0 Å². The molecular formula is C20H20NO2+. The zero-order valence-corrected chi connectivity index (χ0v) is 13.4. The maximum absolute atomic E-state index is 12.6. The summed E-state index contributed by atoms with van der Waals surface area (Å²) in [6.45, 7) is 4.23. The predicted molar refractivity (Wildman–Crippen MR) is 90.7 cm³/mol. The number of ether oxygens (including phenoxy) is 1. The highest BCUT2D eigenvalue weighted by Crippen LogP contribution is 2.16. The van der Waals surface area contributed by atoms with Crippen LogP contribution in [-0.4, -0.2) is 11.9 Å². The molecule has 0 fully saturated rings. The van der Waals surface area contributed by atoms with E-state index >= 15 is 0 Å². The second-order valence-electron chi connectivity index (χ2n) is 5.77. The molecular weight excluding hydrogens is 286 g/mol. The number of nitrogens with zero attached hydrogens (tertiary/aromatic N) is 1. The highest BCUT2D eigenvalue weighted by Gasteiger charge is 2.22. The number of carbonyl (C=O) groups is 1. The Bertz CT molecular complexity index is 825. The minimum atomic E-state index is 0.0502. The van der Waals surface area contributed by atoms with E-state index in [2.05, 4.69) is 0 Å². The molecule has 0 amide bonds. The fourth-order valence-corrected chi connectivity index (χ4v) is 2.61. The average Bonchev–Trinajstić information content (AvgIpc) is 2.57. The molecule has 3 heteroatoms. The number of pyridine rings is 1. The van der Waals surface area contributed by atoms with Crippen LogP contribution in [0.15, 0.2) is 66.7 Å². The molecule has 23 heavy (non-hydrogen) atoms. The fourth-order valence-electron chi connectivity index (χ4n) is 2.61. The first kappa shape index (κ1) is 15.2. The predicted octanol–water partition coefficient (Wildman–Crippen LogP) is 3.80. The molecule has 0 aliphatic heterocycles. The van der Waals surface area contributed by atoms with Crippen LogP contribution in [0.1, 0.15) is 24.2 Å². The summed E-state index contributed by atoms with van der Waals surface area (Å²) in [4.78, 5) is 12.6. The standard InChI is InChI=1S/C20H20NO2/c1-15(2)23-20-13-12-16-8-6-7-11-18(16)21(20)14-19(22)17-9-4-3-5-10-17/h3-13,15H,14H2,1-2H3/q+1. The van der Waals surface area contributed by atoms with Crippen molar-refractivity contribution < 1.29 is 14.1 Å². The number of Topliss-reactive ketones (excluding diaryl/α,β-unsaturated/α-hetero) is 1. The van der Waals surface area contributed by atoms with E-state index in [1.165, 1.54) is 0 Å². The first-order chi connectivity index (χ1) is 11.1. The number of benzene rings is 2. The Labute approximate surface area is 136 Å². The van der Waals surface area contributed by atoms with E-state index in [0.717, 1.165) is 10.9 Å². The molecule has 0 atom stereocenters. The van der Waals surface area contributed by atoms with Gasteiger partial charge in [-0.1, -0.05) is 42.5 Å². The second-order valence-corrected chi connectivity index (χ2v) is 5.77. The molecule has 0 aliphatic rings. The van der Waals surface area contributed by atoms with Crippen molar-refractivity contribution in [2.75, 3.05) is 0 Å². The number of hydrogen-bond donors (Lipinski definition) is 0. The maximum atomic E-state index is 12.6. The third-order valence-corrected chi connectivity index (χ3v) is 3.65. The summed E-state index contributed by atoms with van der Waals surface area (Å²) < 4.78 is 7.85. The van der Waals surface area contributed by atoms with E-state index in [1.54, 1.807) is 0 Å². The summed E-state index contributed by atoms with van der Waals surface area (Å²) in [6.07, 6.45) is 0.0502. The number of para-hydroxylation sites is 1. The Morgan fingerprint density at radius 2 is 1.65 bits per heavy atom. The maximum Gasteiger partial charge on any atom is 0.368 e. The van der Waals surface area contributed by atoms with Crippen LogP contribution in [0.25, 0.3) is 10.9 Å². The fraction of sp³-hybridized carbons (Fsp3) is 0.200. The Morgan fingerprint density at radius 3 is 2.39 bits per heavy atom. The van der Waals surface area contributed by atoms with Gasteiger partial charge in [-0.2, -0.15) is 4.57 Å². The molecule has 3 nitrogen and oxygen atoms in total. The van der Waals surface area contributed by atoms with Gasteiger partial charge in [-0.25, -0.2) is 0 Å². The molecule has 3 rings (SSSR count). The van der Waals surface area contributed by atoms with Gasteiger partial charge in [-0.3, -0.25) is 4.79 Å². The SMILES string of the molecule is CC(C)Oc1ccc2ccccc2[n+]1CC(=O)c1ccccc1. The smallest absolute Gasteiger partial charge is 0.368 e. The lowest BCUT2D eigenvalue weighted by atomic mass is 10.1. The molecule has 0 bridgehead atoms. The lowest BCUT2D eigenvalue weighted by molar-refractivity contribution is -0.663. The van der Waals surface area contributed by atoms with Crippen LogP contribution in [0.3, 0.4) is 0 Å². The summed E-state index contributed by atoms with van der Waals surface area (Å²) in [5, 5.41) is 1.09. The number of fused-ring (bicyclic) bond motifs is 1. The van der Waals surface area contributed by atoms with Crippen molar-refractivity contribution >= 4 is 16.7 Å². The largest absolute Gasteiger partial charge is 0.442 e. The van der Waals surface area contributed by atoms with Crippen molar-refractivity contribution in [2.45, 2.75) is 26.5 Å². The topological polar surface area (TPSA) is 30.2 Å². The van der Waals surface area contributed by atoms with Gasteiger partial charge in [-0.05, 0) is 26.0 Å². The van der Waals surface area contributed by atoms with E-state index < -0.39 is 0 Å². The highest BCUT2D eigenvalue weighted by molar-refractivity contribution is 5.95. The van der Waals surface area contributed by atoms with E-state index in [-0.39, 0.29) is 18.4 Å². The van der Waals surface area contributed by atoms with Gasteiger partial charge >= 0.3 is 5.88 Å². The Hall–Kier alpha value is -2.68. The molecule has 0 unspecified atom stereocenters. The summed E-state index contributed by atoms with van der Waals surface area (Å²) in [5.41, 5.74) is 1.71. The van der Waals surface area contributed by atoms with Crippen LogP contribution in [0, 0.1) is 0 Å². The normalized spacial score (nSPS) is 10.9. The van der Waals surface area contributed by atoms with E-state index in [0.29, 0.717) is 11.4 Å².